The molecule has 0 unspecified atom stereocenters. The maximum atomic E-state index is 12.5. The van der Waals surface area contributed by atoms with E-state index in [1.54, 1.807) is 0 Å². The highest BCUT2D eigenvalue weighted by Gasteiger charge is 2.13. The Bertz CT molecular complexity index is 1050. The second kappa shape index (κ2) is 7.34. The Hall–Kier alpha value is -2.75. The number of nitrogens with one attached hydrogen (secondary N) is 2. The summed E-state index contributed by atoms with van der Waals surface area (Å²) in [6.07, 6.45) is 7.42. The summed E-state index contributed by atoms with van der Waals surface area (Å²) in [6, 6.07) is 15.1. The van der Waals surface area contributed by atoms with E-state index in [1.807, 2.05) is 6.07 Å². The van der Waals surface area contributed by atoms with Crippen LogP contribution in [0.4, 0.5) is 11.4 Å². The van der Waals surface area contributed by atoms with Crippen molar-refractivity contribution in [3.8, 4) is 0 Å². The highest BCUT2D eigenvalue weighted by molar-refractivity contribution is 5.81. The molecule has 0 spiro atoms. The van der Waals surface area contributed by atoms with Gasteiger partial charge in [-0.25, -0.2) is 0 Å². The summed E-state index contributed by atoms with van der Waals surface area (Å²) < 4.78 is 0. The number of anilines is 2. The highest BCUT2D eigenvalue weighted by atomic mass is 16.1. The topological polar surface area (TPSA) is 48.1 Å². The maximum absolute atomic E-state index is 12.5. The molecule has 0 bridgehead atoms. The summed E-state index contributed by atoms with van der Waals surface area (Å²) in [6.45, 7) is 2.84. The van der Waals surface area contributed by atoms with Crippen molar-refractivity contribution in [2.75, 3.05) is 23.3 Å². The van der Waals surface area contributed by atoms with E-state index in [1.165, 1.54) is 42.5 Å². The molecule has 1 aliphatic carbocycles. The van der Waals surface area contributed by atoms with Gasteiger partial charge in [0.15, 0.2) is 0 Å². The molecule has 0 atom stereocenters. The molecule has 0 saturated carbocycles. The number of aryl methyl sites for hydroxylation is 2. The van der Waals surface area contributed by atoms with E-state index in [0.29, 0.717) is 6.54 Å². The molecular formula is C24H27N3O. The fourth-order valence-electron chi connectivity index (χ4n) is 4.60. The Morgan fingerprint density at radius 1 is 0.893 bits per heavy atom. The van der Waals surface area contributed by atoms with Gasteiger partial charge < -0.3 is 15.2 Å². The van der Waals surface area contributed by atoms with Crippen LogP contribution in [0.15, 0.2) is 47.3 Å². The molecule has 2 aromatic carbocycles. The summed E-state index contributed by atoms with van der Waals surface area (Å²) in [5.74, 6) is 0. The number of benzene rings is 2. The van der Waals surface area contributed by atoms with Gasteiger partial charge in [-0.3, -0.25) is 4.79 Å². The molecule has 28 heavy (non-hydrogen) atoms. The van der Waals surface area contributed by atoms with Gasteiger partial charge in [0.2, 0.25) is 0 Å². The lowest BCUT2D eigenvalue weighted by molar-refractivity contribution is 0.578. The minimum atomic E-state index is 0.00267. The molecule has 2 N–H and O–H groups in total. The Morgan fingerprint density at radius 3 is 2.43 bits per heavy atom. The second-order valence-electron chi connectivity index (χ2n) is 8.13. The smallest absolute Gasteiger partial charge is 0.253 e. The third-order valence-electron chi connectivity index (χ3n) is 6.21. The summed E-state index contributed by atoms with van der Waals surface area (Å²) in [4.78, 5) is 18.0. The van der Waals surface area contributed by atoms with Crippen molar-refractivity contribution >= 4 is 22.3 Å². The largest absolute Gasteiger partial charge is 0.381 e. The fraction of sp³-hybridized carbons (Fsp3) is 0.375. The van der Waals surface area contributed by atoms with Gasteiger partial charge in [0.05, 0.1) is 0 Å². The van der Waals surface area contributed by atoms with Crippen LogP contribution in [0.2, 0.25) is 0 Å². The first kappa shape index (κ1) is 17.4. The number of hydrogen-bond donors (Lipinski definition) is 2. The van der Waals surface area contributed by atoms with Crippen LogP contribution in [0.1, 0.15) is 42.4 Å². The molecule has 2 heterocycles. The number of aromatic amines is 1. The molecule has 2 aliphatic rings. The molecule has 1 fully saturated rings. The van der Waals surface area contributed by atoms with Crippen LogP contribution in [0.3, 0.4) is 0 Å². The van der Waals surface area contributed by atoms with Gasteiger partial charge in [0.25, 0.3) is 5.56 Å². The average molecular weight is 374 g/mol. The van der Waals surface area contributed by atoms with E-state index in [4.69, 9.17) is 0 Å². The quantitative estimate of drug-likeness (QED) is 0.702. The number of aromatic nitrogens is 1. The normalized spacial score (nSPS) is 16.4. The predicted octanol–water partition coefficient (Wildman–Crippen LogP) is 4.62. The monoisotopic (exact) mass is 373 g/mol. The van der Waals surface area contributed by atoms with Crippen molar-refractivity contribution < 1.29 is 0 Å². The van der Waals surface area contributed by atoms with Gasteiger partial charge >= 0.3 is 0 Å². The van der Waals surface area contributed by atoms with Gasteiger partial charge in [-0.2, -0.15) is 0 Å². The van der Waals surface area contributed by atoms with Crippen LogP contribution in [-0.4, -0.2) is 18.1 Å². The Labute approximate surface area is 165 Å². The molecule has 0 amide bonds. The SMILES string of the molecule is O=c1[nH]c2cc3c(cc2cc1CNc1ccc(N2CCCCC2)cc1)CCC3. The standard InChI is InChI=1S/C24H27N3O/c28-24-20(14-19-13-17-5-4-6-18(17)15-23(19)26-24)16-25-21-7-9-22(10-8-21)27-11-2-1-3-12-27/h7-10,13-15,25H,1-6,11-12,16H2,(H,26,28). The van der Waals surface area contributed by atoms with Crippen molar-refractivity contribution in [1.29, 1.82) is 0 Å². The van der Waals surface area contributed by atoms with E-state index in [0.717, 1.165) is 48.1 Å². The van der Waals surface area contributed by atoms with Crippen LogP contribution in [0.5, 0.6) is 0 Å². The van der Waals surface area contributed by atoms with Gasteiger partial charge in [-0.1, -0.05) is 0 Å². The van der Waals surface area contributed by atoms with Crippen molar-refractivity contribution in [3.05, 3.63) is 69.5 Å². The first-order chi connectivity index (χ1) is 13.8. The van der Waals surface area contributed by atoms with E-state index in [9.17, 15) is 4.79 Å². The van der Waals surface area contributed by atoms with E-state index >= 15 is 0 Å². The van der Waals surface area contributed by atoms with Gasteiger partial charge in [-0.05, 0) is 97.5 Å². The number of hydrogen-bond acceptors (Lipinski definition) is 3. The van der Waals surface area contributed by atoms with Crippen molar-refractivity contribution in [2.45, 2.75) is 45.1 Å². The third kappa shape index (κ3) is 3.39. The molecular weight excluding hydrogens is 346 g/mol. The van der Waals surface area contributed by atoms with Gasteiger partial charge in [0.1, 0.15) is 0 Å². The van der Waals surface area contributed by atoms with Gasteiger partial charge in [-0.15, -0.1) is 0 Å². The van der Waals surface area contributed by atoms with Crippen LogP contribution < -0.4 is 15.8 Å². The average Bonchev–Trinajstić information content (AvgIpc) is 3.19. The predicted molar refractivity (Wildman–Crippen MR) is 116 cm³/mol. The van der Waals surface area contributed by atoms with Crippen molar-refractivity contribution in [1.82, 2.24) is 4.98 Å². The van der Waals surface area contributed by atoms with Crippen LogP contribution >= 0.6 is 0 Å². The van der Waals surface area contributed by atoms with Gasteiger partial charge in [0, 0.05) is 42.1 Å². The number of H-pyrrole nitrogens is 1. The van der Waals surface area contributed by atoms with Crippen molar-refractivity contribution in [2.24, 2.45) is 0 Å². The lowest BCUT2D eigenvalue weighted by atomic mass is 10.0. The molecule has 144 valence electrons. The zero-order valence-electron chi connectivity index (χ0n) is 16.3. The number of fused-ring (bicyclic) bond motifs is 2. The third-order valence-corrected chi connectivity index (χ3v) is 6.21. The molecule has 1 aliphatic heterocycles. The molecule has 1 aromatic heterocycles. The molecule has 4 nitrogen and oxygen atoms in total. The Kier molecular flexibility index (Phi) is 4.55. The number of pyridine rings is 1. The zero-order chi connectivity index (χ0) is 18.9. The minimum Gasteiger partial charge on any atom is -0.381 e. The number of nitrogens with zero attached hydrogens (tertiary/aromatic N) is 1. The van der Waals surface area contributed by atoms with E-state index in [-0.39, 0.29) is 5.56 Å². The fourth-order valence-corrected chi connectivity index (χ4v) is 4.60. The van der Waals surface area contributed by atoms with E-state index < -0.39 is 0 Å². The number of piperidine rings is 1. The minimum absolute atomic E-state index is 0.00267. The maximum Gasteiger partial charge on any atom is 0.253 e. The van der Waals surface area contributed by atoms with Crippen LogP contribution in [-0.2, 0) is 19.4 Å². The van der Waals surface area contributed by atoms with Crippen molar-refractivity contribution in [3.63, 3.8) is 0 Å². The Balaban J connectivity index is 1.32. The zero-order valence-corrected chi connectivity index (χ0v) is 16.3. The molecule has 1 saturated heterocycles. The highest BCUT2D eigenvalue weighted by Crippen LogP contribution is 2.26. The lowest BCUT2D eigenvalue weighted by Crippen LogP contribution is -2.29. The molecule has 4 heteroatoms. The van der Waals surface area contributed by atoms with Crippen LogP contribution in [0.25, 0.3) is 10.9 Å². The summed E-state index contributed by atoms with van der Waals surface area (Å²) in [7, 11) is 0. The number of rotatable bonds is 4. The molecule has 3 aromatic rings. The summed E-state index contributed by atoms with van der Waals surface area (Å²) >= 11 is 0. The Morgan fingerprint density at radius 2 is 1.64 bits per heavy atom. The second-order valence-corrected chi connectivity index (χ2v) is 8.13. The van der Waals surface area contributed by atoms with E-state index in [2.05, 4.69) is 51.6 Å². The lowest BCUT2D eigenvalue weighted by Gasteiger charge is -2.28. The first-order valence-electron chi connectivity index (χ1n) is 10.5. The molecule has 5 rings (SSSR count). The summed E-state index contributed by atoms with van der Waals surface area (Å²) in [5.41, 5.74) is 6.92. The van der Waals surface area contributed by atoms with Crippen LogP contribution in [0, 0.1) is 0 Å². The first-order valence-corrected chi connectivity index (χ1v) is 10.5. The summed E-state index contributed by atoms with van der Waals surface area (Å²) in [5, 5.41) is 4.55. The molecule has 0 radical (unpaired) electrons.